The first-order chi connectivity index (χ1) is 10.2. The van der Waals surface area contributed by atoms with Crippen molar-refractivity contribution in [1.29, 1.82) is 0 Å². The Hall–Kier alpha value is -0.710. The van der Waals surface area contributed by atoms with Crippen LogP contribution in [0.1, 0.15) is 24.8 Å². The Morgan fingerprint density at radius 3 is 2.81 bits per heavy atom. The summed E-state index contributed by atoms with van der Waals surface area (Å²) in [6.07, 6.45) is 6.16. The number of nitrogens with zero attached hydrogens (tertiary/aromatic N) is 1. The summed E-state index contributed by atoms with van der Waals surface area (Å²) in [4.78, 5) is 3.84. The van der Waals surface area contributed by atoms with E-state index in [1.54, 1.807) is 18.9 Å². The fraction of sp³-hybridized carbons (Fsp3) is 0.647. The molecule has 3 nitrogen and oxygen atoms in total. The SMILES string of the molecule is COc1cc(CN2CCC3(CCNCC3)C2)ccc1SC. The average molecular weight is 306 g/mol. The molecule has 2 heterocycles. The van der Waals surface area contributed by atoms with Gasteiger partial charge >= 0.3 is 0 Å². The number of rotatable bonds is 4. The van der Waals surface area contributed by atoms with Crippen molar-refractivity contribution < 1.29 is 4.74 Å². The van der Waals surface area contributed by atoms with Gasteiger partial charge in [0, 0.05) is 18.0 Å². The summed E-state index contributed by atoms with van der Waals surface area (Å²) in [5.74, 6) is 1.01. The van der Waals surface area contributed by atoms with Crippen molar-refractivity contribution in [2.45, 2.75) is 30.7 Å². The molecule has 0 amide bonds. The zero-order valence-corrected chi connectivity index (χ0v) is 14.0. The van der Waals surface area contributed by atoms with Crippen LogP contribution in [0.2, 0.25) is 0 Å². The Bertz CT molecular complexity index is 486. The van der Waals surface area contributed by atoms with Gasteiger partial charge < -0.3 is 10.1 Å². The molecule has 1 N–H and O–H groups in total. The summed E-state index contributed by atoms with van der Waals surface area (Å²) in [5, 5.41) is 3.49. The molecule has 0 saturated carbocycles. The van der Waals surface area contributed by atoms with Gasteiger partial charge in [-0.25, -0.2) is 0 Å². The van der Waals surface area contributed by atoms with Crippen LogP contribution in [0.5, 0.6) is 5.75 Å². The van der Waals surface area contributed by atoms with Crippen LogP contribution >= 0.6 is 11.8 Å². The minimum absolute atomic E-state index is 0.592. The van der Waals surface area contributed by atoms with Gasteiger partial charge in [0.25, 0.3) is 0 Å². The van der Waals surface area contributed by atoms with Crippen molar-refractivity contribution in [2.24, 2.45) is 5.41 Å². The molecule has 2 fully saturated rings. The lowest BCUT2D eigenvalue weighted by Crippen LogP contribution is -2.38. The van der Waals surface area contributed by atoms with Gasteiger partial charge in [-0.15, -0.1) is 11.8 Å². The first-order valence-corrected chi connectivity index (χ1v) is 9.11. The molecule has 0 bridgehead atoms. The first kappa shape index (κ1) is 15.2. The second-order valence-corrected chi connectivity index (χ2v) is 7.25. The first-order valence-electron chi connectivity index (χ1n) is 7.89. The molecule has 0 radical (unpaired) electrons. The van der Waals surface area contributed by atoms with Gasteiger partial charge in [-0.1, -0.05) is 6.07 Å². The lowest BCUT2D eigenvalue weighted by molar-refractivity contribution is 0.194. The standard InChI is InChI=1S/C17H26N2OS/c1-20-15-11-14(3-4-16(15)21-2)12-19-10-7-17(13-19)5-8-18-9-6-17/h3-4,11,18H,5-10,12-13H2,1-2H3. The number of methoxy groups -OCH3 is 1. The Labute approximate surface area is 132 Å². The molecule has 1 spiro atoms. The van der Waals surface area contributed by atoms with Gasteiger partial charge in [0.1, 0.15) is 5.75 Å². The fourth-order valence-corrected chi connectivity index (χ4v) is 4.31. The molecular weight excluding hydrogens is 280 g/mol. The van der Waals surface area contributed by atoms with Gasteiger partial charge in [-0.3, -0.25) is 4.90 Å². The summed E-state index contributed by atoms with van der Waals surface area (Å²) < 4.78 is 5.50. The number of likely N-dealkylation sites (tertiary alicyclic amines) is 1. The molecule has 2 saturated heterocycles. The van der Waals surface area contributed by atoms with Crippen LogP contribution in [-0.4, -0.2) is 44.4 Å². The van der Waals surface area contributed by atoms with E-state index in [4.69, 9.17) is 4.74 Å². The fourth-order valence-electron chi connectivity index (χ4n) is 3.77. The van der Waals surface area contributed by atoms with Crippen LogP contribution in [0, 0.1) is 5.41 Å². The minimum atomic E-state index is 0.592. The second-order valence-electron chi connectivity index (χ2n) is 6.40. The Balaban J connectivity index is 1.64. The minimum Gasteiger partial charge on any atom is -0.496 e. The molecule has 21 heavy (non-hydrogen) atoms. The normalized spacial score (nSPS) is 21.8. The maximum absolute atomic E-state index is 5.50. The monoisotopic (exact) mass is 306 g/mol. The molecule has 2 aliphatic rings. The van der Waals surface area contributed by atoms with E-state index in [1.165, 1.54) is 55.9 Å². The topological polar surface area (TPSA) is 24.5 Å². The molecule has 116 valence electrons. The average Bonchev–Trinajstić information content (AvgIpc) is 2.90. The molecule has 1 aromatic carbocycles. The van der Waals surface area contributed by atoms with Crippen LogP contribution in [0.15, 0.2) is 23.1 Å². The Morgan fingerprint density at radius 1 is 1.29 bits per heavy atom. The van der Waals surface area contributed by atoms with Gasteiger partial charge in [-0.2, -0.15) is 0 Å². The predicted molar refractivity (Wildman–Crippen MR) is 89.2 cm³/mol. The van der Waals surface area contributed by atoms with E-state index in [0.29, 0.717) is 5.41 Å². The van der Waals surface area contributed by atoms with Crippen molar-refractivity contribution in [2.75, 3.05) is 39.5 Å². The summed E-state index contributed by atoms with van der Waals surface area (Å²) >= 11 is 1.74. The van der Waals surface area contributed by atoms with Crippen molar-refractivity contribution in [1.82, 2.24) is 10.2 Å². The van der Waals surface area contributed by atoms with E-state index in [0.717, 1.165) is 12.3 Å². The number of piperidine rings is 1. The maximum atomic E-state index is 5.50. The third-order valence-electron chi connectivity index (χ3n) is 5.04. The second kappa shape index (κ2) is 6.59. The number of ether oxygens (including phenoxy) is 1. The third-order valence-corrected chi connectivity index (χ3v) is 5.81. The smallest absolute Gasteiger partial charge is 0.132 e. The van der Waals surface area contributed by atoms with Gasteiger partial charge in [-0.05, 0) is 68.3 Å². The van der Waals surface area contributed by atoms with Crippen molar-refractivity contribution >= 4 is 11.8 Å². The van der Waals surface area contributed by atoms with E-state index < -0.39 is 0 Å². The number of nitrogens with one attached hydrogen (secondary N) is 1. The van der Waals surface area contributed by atoms with E-state index >= 15 is 0 Å². The molecule has 4 heteroatoms. The molecule has 2 aliphatic heterocycles. The number of hydrogen-bond acceptors (Lipinski definition) is 4. The van der Waals surface area contributed by atoms with E-state index in [2.05, 4.69) is 34.7 Å². The number of hydrogen-bond donors (Lipinski definition) is 1. The summed E-state index contributed by atoms with van der Waals surface area (Å²) in [5.41, 5.74) is 1.96. The van der Waals surface area contributed by atoms with Crippen molar-refractivity contribution in [3.8, 4) is 5.75 Å². The van der Waals surface area contributed by atoms with E-state index in [9.17, 15) is 0 Å². The number of benzene rings is 1. The molecule has 1 aromatic rings. The summed E-state index contributed by atoms with van der Waals surface area (Å²) in [6, 6.07) is 6.65. The Morgan fingerprint density at radius 2 is 2.10 bits per heavy atom. The quantitative estimate of drug-likeness (QED) is 0.864. The van der Waals surface area contributed by atoms with Crippen molar-refractivity contribution in [3.05, 3.63) is 23.8 Å². The highest BCUT2D eigenvalue weighted by molar-refractivity contribution is 7.98. The highest BCUT2D eigenvalue weighted by Gasteiger charge is 2.38. The molecular formula is C17H26N2OS. The van der Waals surface area contributed by atoms with Crippen LogP contribution in [0.4, 0.5) is 0 Å². The molecule has 0 atom stereocenters. The van der Waals surface area contributed by atoms with Crippen LogP contribution in [-0.2, 0) is 6.54 Å². The van der Waals surface area contributed by atoms with Gasteiger partial charge in [0.15, 0.2) is 0 Å². The lowest BCUT2D eigenvalue weighted by atomic mass is 9.78. The highest BCUT2D eigenvalue weighted by Crippen LogP contribution is 2.39. The molecule has 0 aliphatic carbocycles. The van der Waals surface area contributed by atoms with E-state index in [-0.39, 0.29) is 0 Å². The van der Waals surface area contributed by atoms with Crippen LogP contribution in [0.25, 0.3) is 0 Å². The summed E-state index contributed by atoms with van der Waals surface area (Å²) in [7, 11) is 1.76. The zero-order chi connectivity index (χ0) is 14.7. The Kier molecular flexibility index (Phi) is 4.77. The summed E-state index contributed by atoms with van der Waals surface area (Å²) in [6.45, 7) is 5.96. The van der Waals surface area contributed by atoms with E-state index in [1.807, 2.05) is 0 Å². The van der Waals surface area contributed by atoms with Crippen LogP contribution < -0.4 is 10.1 Å². The number of thioether (sulfide) groups is 1. The van der Waals surface area contributed by atoms with Gasteiger partial charge in [0.2, 0.25) is 0 Å². The largest absolute Gasteiger partial charge is 0.496 e. The lowest BCUT2D eigenvalue weighted by Gasteiger charge is -2.34. The maximum Gasteiger partial charge on any atom is 0.132 e. The van der Waals surface area contributed by atoms with Crippen LogP contribution in [0.3, 0.4) is 0 Å². The molecule has 0 unspecified atom stereocenters. The third kappa shape index (κ3) is 3.38. The molecule has 3 rings (SSSR count). The highest BCUT2D eigenvalue weighted by atomic mass is 32.2. The zero-order valence-electron chi connectivity index (χ0n) is 13.2. The van der Waals surface area contributed by atoms with Crippen molar-refractivity contribution in [3.63, 3.8) is 0 Å². The van der Waals surface area contributed by atoms with Gasteiger partial charge in [0.05, 0.1) is 7.11 Å². The molecule has 0 aromatic heterocycles. The predicted octanol–water partition coefficient (Wildman–Crippen LogP) is 2.99.